The quantitative estimate of drug-likeness (QED) is 0.371. The van der Waals surface area contributed by atoms with E-state index in [1.165, 1.54) is 12.1 Å². The lowest BCUT2D eigenvalue weighted by atomic mass is 9.95. The van der Waals surface area contributed by atoms with Crippen molar-refractivity contribution in [2.75, 3.05) is 5.32 Å². The number of amides is 2. The third kappa shape index (κ3) is 7.83. The van der Waals surface area contributed by atoms with Crippen molar-refractivity contribution < 1.29 is 27.8 Å². The molecule has 10 heteroatoms. The van der Waals surface area contributed by atoms with Crippen molar-refractivity contribution in [2.24, 2.45) is 10.9 Å². The van der Waals surface area contributed by atoms with Crippen LogP contribution in [0, 0.1) is 5.82 Å². The first kappa shape index (κ1) is 26.8. The Bertz CT molecular complexity index is 954. The van der Waals surface area contributed by atoms with Gasteiger partial charge in [0, 0.05) is 5.69 Å². The minimum Gasteiger partial charge on any atom is -0.435 e. The van der Waals surface area contributed by atoms with Crippen LogP contribution < -0.4 is 20.9 Å². The number of primary amides is 1. The molecule has 0 bridgehead atoms. The second-order valence-corrected chi connectivity index (χ2v) is 9.27. The molecule has 6 N–H and O–H groups in total. The third-order valence-electron chi connectivity index (χ3n) is 5.05. The largest absolute Gasteiger partial charge is 0.435 e. The van der Waals surface area contributed by atoms with E-state index in [1.807, 2.05) is 13.8 Å². The highest BCUT2D eigenvalue weighted by atomic mass is 32.2. The number of aliphatic hydroxyl groups is 1. The zero-order valence-corrected chi connectivity index (χ0v) is 19.8. The number of nitrogens with two attached hydrogens (primary N) is 2. The highest BCUT2D eigenvalue weighted by molar-refractivity contribution is 7.97. The van der Waals surface area contributed by atoms with Crippen molar-refractivity contribution >= 4 is 23.7 Å². The number of anilines is 1. The number of carbonyl (C=O) groups is 1. The van der Waals surface area contributed by atoms with Gasteiger partial charge in [-0.15, -0.1) is 0 Å². The number of rotatable bonds is 7. The second kappa shape index (κ2) is 11.1. The number of nitrogens with one attached hydrogen (secondary N) is 1. The topological polar surface area (TPSA) is 111 Å². The summed E-state index contributed by atoms with van der Waals surface area (Å²) >= 11 is 0.858. The number of ether oxygens (including phenoxy) is 1. The van der Waals surface area contributed by atoms with Gasteiger partial charge in [0.25, 0.3) is 0 Å². The van der Waals surface area contributed by atoms with Gasteiger partial charge in [-0.2, -0.15) is 8.78 Å². The Morgan fingerprint density at radius 3 is 2.30 bits per heavy atom. The van der Waals surface area contributed by atoms with Gasteiger partial charge < -0.3 is 20.9 Å². The van der Waals surface area contributed by atoms with Crippen LogP contribution in [0.1, 0.15) is 69.1 Å². The number of alkyl halides is 2. The van der Waals surface area contributed by atoms with E-state index in [2.05, 4.69) is 10.1 Å². The molecular formula is C23H30F3N3O3S. The number of benzene rings is 2. The van der Waals surface area contributed by atoms with E-state index in [9.17, 15) is 23.1 Å². The molecule has 1 saturated carbocycles. The lowest BCUT2D eigenvalue weighted by molar-refractivity contribution is -0.0499. The maximum absolute atomic E-state index is 13.2. The Morgan fingerprint density at radius 2 is 1.88 bits per heavy atom. The van der Waals surface area contributed by atoms with Crippen LogP contribution in [0.25, 0.3) is 0 Å². The van der Waals surface area contributed by atoms with E-state index in [0.29, 0.717) is 16.1 Å². The minimum absolute atomic E-state index is 0.0515. The normalized spacial score (nSPS) is 13.5. The minimum atomic E-state index is -2.86. The molecule has 0 heterocycles. The monoisotopic (exact) mass is 485 g/mol. The lowest BCUT2D eigenvalue weighted by Gasteiger charge is -2.19. The fourth-order valence-corrected chi connectivity index (χ4v) is 3.56. The van der Waals surface area contributed by atoms with Gasteiger partial charge in [-0.1, -0.05) is 19.9 Å². The number of urea groups is 1. The van der Waals surface area contributed by atoms with E-state index in [0.717, 1.165) is 35.9 Å². The molecule has 1 fully saturated rings. The van der Waals surface area contributed by atoms with Gasteiger partial charge >= 0.3 is 12.6 Å². The van der Waals surface area contributed by atoms with Crippen LogP contribution in [0.3, 0.4) is 0 Å². The maximum Gasteiger partial charge on any atom is 0.387 e. The van der Waals surface area contributed by atoms with Crippen LogP contribution in [0.4, 0.5) is 23.7 Å². The summed E-state index contributed by atoms with van der Waals surface area (Å²) in [6.45, 7) is 4.19. The SMILES string of the molecule is CC(C)(O)c1ccc(SN)c(F)c1.CC(C)c1cc(OC(F)F)cc(C2CC2)c1NC(N)=O. The summed E-state index contributed by atoms with van der Waals surface area (Å²) in [4.78, 5) is 11.5. The fraction of sp³-hybridized carbons (Fsp3) is 0.435. The summed E-state index contributed by atoms with van der Waals surface area (Å²) in [7, 11) is 0. The molecule has 1 aliphatic carbocycles. The van der Waals surface area contributed by atoms with Crippen LogP contribution in [-0.4, -0.2) is 17.7 Å². The molecule has 0 atom stereocenters. The molecule has 1 aliphatic rings. The number of halogens is 3. The Kier molecular flexibility index (Phi) is 9.04. The standard InChI is InChI=1S/C14H18F2N2O2.C9H12FNOS/c1-7(2)10-5-9(20-13(15)16)6-11(8-3-4-8)12(10)18-14(17)19;1-9(2,12)6-3-4-8(13-11)7(10)5-6/h5-8,13H,3-4H2,1-2H3,(H3,17,18,19);3-5,12H,11H2,1-2H3. The highest BCUT2D eigenvalue weighted by Gasteiger charge is 2.29. The highest BCUT2D eigenvalue weighted by Crippen LogP contribution is 2.47. The lowest BCUT2D eigenvalue weighted by Crippen LogP contribution is -2.21. The summed E-state index contributed by atoms with van der Waals surface area (Å²) in [6, 6.07) is 6.98. The molecule has 0 radical (unpaired) electrons. The molecule has 0 aromatic heterocycles. The fourth-order valence-electron chi connectivity index (χ4n) is 3.25. The van der Waals surface area contributed by atoms with Gasteiger partial charge in [0.1, 0.15) is 11.6 Å². The molecule has 6 nitrogen and oxygen atoms in total. The van der Waals surface area contributed by atoms with Gasteiger partial charge in [-0.3, -0.25) is 5.14 Å². The predicted octanol–water partition coefficient (Wildman–Crippen LogP) is 5.80. The van der Waals surface area contributed by atoms with Crippen LogP contribution in [0.2, 0.25) is 0 Å². The van der Waals surface area contributed by atoms with Gasteiger partial charge in [0.05, 0.1) is 10.5 Å². The molecule has 0 aliphatic heterocycles. The van der Waals surface area contributed by atoms with Gasteiger partial charge in [-0.05, 0) is 91.4 Å². The predicted molar refractivity (Wildman–Crippen MR) is 124 cm³/mol. The molecule has 0 spiro atoms. The average Bonchev–Trinajstić information content (AvgIpc) is 3.52. The zero-order valence-electron chi connectivity index (χ0n) is 19.0. The van der Waals surface area contributed by atoms with E-state index in [-0.39, 0.29) is 17.6 Å². The molecule has 2 aromatic rings. The van der Waals surface area contributed by atoms with Gasteiger partial charge in [-0.25, -0.2) is 9.18 Å². The third-order valence-corrected chi connectivity index (χ3v) is 5.64. The molecule has 2 amide bonds. The van der Waals surface area contributed by atoms with Crippen LogP contribution in [0.5, 0.6) is 5.75 Å². The maximum atomic E-state index is 13.2. The van der Waals surface area contributed by atoms with E-state index >= 15 is 0 Å². The van der Waals surface area contributed by atoms with Crippen LogP contribution in [-0.2, 0) is 5.60 Å². The first-order valence-electron chi connectivity index (χ1n) is 10.4. The molecule has 0 saturated heterocycles. The van der Waals surface area contributed by atoms with Crippen LogP contribution in [0.15, 0.2) is 35.2 Å². The Labute approximate surface area is 196 Å². The molecule has 182 valence electrons. The molecule has 33 heavy (non-hydrogen) atoms. The Hall–Kier alpha value is -2.43. The summed E-state index contributed by atoms with van der Waals surface area (Å²) in [6.07, 6.45) is 1.95. The van der Waals surface area contributed by atoms with Crippen LogP contribution >= 0.6 is 11.9 Å². The van der Waals surface area contributed by atoms with Crippen molar-refractivity contribution in [3.8, 4) is 5.75 Å². The smallest absolute Gasteiger partial charge is 0.387 e. The second-order valence-electron chi connectivity index (χ2n) is 8.60. The Balaban J connectivity index is 0.000000257. The summed E-state index contributed by atoms with van der Waals surface area (Å²) in [5, 5.41) is 17.4. The van der Waals surface area contributed by atoms with E-state index < -0.39 is 24.1 Å². The molecular weight excluding hydrogens is 455 g/mol. The molecule has 3 rings (SSSR count). The summed E-state index contributed by atoms with van der Waals surface area (Å²) in [5.74, 6) is 0.0545. The average molecular weight is 486 g/mol. The van der Waals surface area contributed by atoms with E-state index in [4.69, 9.17) is 10.9 Å². The number of hydrogen-bond acceptors (Lipinski definition) is 5. The van der Waals surface area contributed by atoms with Crippen molar-refractivity contribution in [1.82, 2.24) is 0 Å². The van der Waals surface area contributed by atoms with Crippen molar-refractivity contribution in [1.29, 1.82) is 0 Å². The first-order chi connectivity index (χ1) is 15.3. The summed E-state index contributed by atoms with van der Waals surface area (Å²) < 4.78 is 42.5. The molecule has 0 unspecified atom stereocenters. The molecule has 2 aromatic carbocycles. The van der Waals surface area contributed by atoms with Crippen molar-refractivity contribution in [3.05, 3.63) is 52.8 Å². The number of hydrogen-bond donors (Lipinski definition) is 4. The van der Waals surface area contributed by atoms with E-state index in [1.54, 1.807) is 32.0 Å². The Morgan fingerprint density at radius 1 is 1.24 bits per heavy atom. The summed E-state index contributed by atoms with van der Waals surface area (Å²) in [5.41, 5.74) is 6.94. The number of carbonyl (C=O) groups excluding carboxylic acids is 1. The van der Waals surface area contributed by atoms with Crippen molar-refractivity contribution in [2.45, 2.75) is 69.5 Å². The first-order valence-corrected chi connectivity index (χ1v) is 11.3. The van der Waals surface area contributed by atoms with Crippen molar-refractivity contribution in [3.63, 3.8) is 0 Å². The van der Waals surface area contributed by atoms with Gasteiger partial charge in [0.2, 0.25) is 0 Å². The zero-order chi connectivity index (χ0) is 24.9. The van der Waals surface area contributed by atoms with Gasteiger partial charge in [0.15, 0.2) is 0 Å².